The van der Waals surface area contributed by atoms with E-state index >= 15 is 0 Å². The molecule has 2 rings (SSSR count). The second kappa shape index (κ2) is 5.40. The lowest BCUT2D eigenvalue weighted by atomic mass is 10.3. The summed E-state index contributed by atoms with van der Waals surface area (Å²) >= 11 is 0. The Morgan fingerprint density at radius 3 is 2.65 bits per heavy atom. The fourth-order valence-corrected chi connectivity index (χ4v) is 2.92. The van der Waals surface area contributed by atoms with Crippen LogP contribution in [0.15, 0.2) is 23.1 Å². The van der Waals surface area contributed by atoms with Crippen LogP contribution in [0.3, 0.4) is 0 Å². The molecule has 1 fully saturated rings. The second-order valence-electron chi connectivity index (χ2n) is 4.96. The minimum absolute atomic E-state index is 0.0963. The summed E-state index contributed by atoms with van der Waals surface area (Å²) in [6.07, 6.45) is 0.914. The van der Waals surface area contributed by atoms with Gasteiger partial charge in [-0.3, -0.25) is 0 Å². The number of benzene rings is 1. The topological polar surface area (TPSA) is 75.3 Å². The largest absolute Gasteiger partial charge is 0.335 e. The van der Waals surface area contributed by atoms with Crippen LogP contribution >= 0.6 is 0 Å². The lowest BCUT2D eigenvalue weighted by Crippen LogP contribution is -2.31. The molecule has 5 nitrogen and oxygen atoms in total. The molecule has 0 radical (unpaired) electrons. The zero-order chi connectivity index (χ0) is 14.9. The predicted molar refractivity (Wildman–Crippen MR) is 73.9 cm³/mol. The molecular formula is C13H17FN2O3S. The molecule has 110 valence electrons. The summed E-state index contributed by atoms with van der Waals surface area (Å²) in [5.74, 6) is -0.376. The lowest BCUT2D eigenvalue weighted by Gasteiger charge is -2.12. The number of urea groups is 1. The first-order valence-corrected chi connectivity index (χ1v) is 8.08. The number of sulfone groups is 1. The third kappa shape index (κ3) is 3.27. The van der Waals surface area contributed by atoms with Crippen LogP contribution < -0.4 is 10.6 Å². The summed E-state index contributed by atoms with van der Waals surface area (Å²) in [5, 5.41) is 5.20. The SMILES string of the molecule is CCS(=O)(=O)c1cc(F)ccc1NC(=O)N[C@@H]1C[C@H]1C. The van der Waals surface area contributed by atoms with Crippen LogP contribution in [-0.4, -0.2) is 26.2 Å². The summed E-state index contributed by atoms with van der Waals surface area (Å²) in [5.41, 5.74) is 0.0963. The van der Waals surface area contributed by atoms with Crippen LogP contribution in [0.1, 0.15) is 20.3 Å². The van der Waals surface area contributed by atoms with Gasteiger partial charge in [-0.1, -0.05) is 13.8 Å². The number of amides is 2. The number of nitrogens with one attached hydrogen (secondary N) is 2. The molecule has 0 aliphatic heterocycles. The maximum absolute atomic E-state index is 13.2. The van der Waals surface area contributed by atoms with Gasteiger partial charge in [0.2, 0.25) is 0 Å². The van der Waals surface area contributed by atoms with Crippen molar-refractivity contribution in [2.24, 2.45) is 5.92 Å². The molecule has 0 aromatic heterocycles. The van der Waals surface area contributed by atoms with Crippen LogP contribution in [0.4, 0.5) is 14.9 Å². The van der Waals surface area contributed by atoms with E-state index in [9.17, 15) is 17.6 Å². The third-order valence-corrected chi connectivity index (χ3v) is 5.10. The molecule has 2 atom stereocenters. The molecule has 1 saturated carbocycles. The van der Waals surface area contributed by atoms with Gasteiger partial charge in [0.15, 0.2) is 9.84 Å². The lowest BCUT2D eigenvalue weighted by molar-refractivity contribution is 0.251. The molecule has 2 amide bonds. The smallest absolute Gasteiger partial charge is 0.319 e. The normalized spacial score (nSPS) is 21.4. The van der Waals surface area contributed by atoms with E-state index in [0.29, 0.717) is 5.92 Å². The molecule has 1 aliphatic carbocycles. The molecule has 0 unspecified atom stereocenters. The van der Waals surface area contributed by atoms with Crippen molar-refractivity contribution in [2.45, 2.75) is 31.2 Å². The van der Waals surface area contributed by atoms with Crippen molar-refractivity contribution < 1.29 is 17.6 Å². The monoisotopic (exact) mass is 300 g/mol. The van der Waals surface area contributed by atoms with Crippen LogP contribution in [0.25, 0.3) is 0 Å². The van der Waals surface area contributed by atoms with E-state index < -0.39 is 21.7 Å². The summed E-state index contributed by atoms with van der Waals surface area (Å²) in [4.78, 5) is 11.6. The van der Waals surface area contributed by atoms with E-state index in [1.165, 1.54) is 13.0 Å². The molecule has 0 spiro atoms. The van der Waals surface area contributed by atoms with Gasteiger partial charge in [0.25, 0.3) is 0 Å². The van der Waals surface area contributed by atoms with Crippen LogP contribution in [0, 0.1) is 11.7 Å². The highest BCUT2D eigenvalue weighted by Crippen LogP contribution is 2.29. The molecule has 2 N–H and O–H groups in total. The van der Waals surface area contributed by atoms with E-state index in [0.717, 1.165) is 18.6 Å². The maximum atomic E-state index is 13.2. The fraction of sp³-hybridized carbons (Fsp3) is 0.462. The van der Waals surface area contributed by atoms with Gasteiger partial charge in [0, 0.05) is 6.04 Å². The molecule has 1 aromatic carbocycles. The van der Waals surface area contributed by atoms with Gasteiger partial charge in [-0.2, -0.15) is 0 Å². The first-order valence-electron chi connectivity index (χ1n) is 6.43. The zero-order valence-electron chi connectivity index (χ0n) is 11.3. The van der Waals surface area contributed by atoms with Gasteiger partial charge >= 0.3 is 6.03 Å². The van der Waals surface area contributed by atoms with Crippen molar-refractivity contribution in [3.05, 3.63) is 24.0 Å². The number of carbonyl (C=O) groups excluding carboxylic acids is 1. The number of anilines is 1. The number of carbonyl (C=O) groups is 1. The Morgan fingerprint density at radius 2 is 2.10 bits per heavy atom. The van der Waals surface area contributed by atoms with Gasteiger partial charge in [-0.25, -0.2) is 17.6 Å². The Balaban J connectivity index is 2.20. The van der Waals surface area contributed by atoms with E-state index in [2.05, 4.69) is 10.6 Å². The Hall–Kier alpha value is -1.63. The van der Waals surface area contributed by atoms with Crippen molar-refractivity contribution in [3.63, 3.8) is 0 Å². The molecule has 0 saturated heterocycles. The summed E-state index contributed by atoms with van der Waals surface area (Å²) in [6, 6.07) is 2.95. The maximum Gasteiger partial charge on any atom is 0.319 e. The average molecular weight is 300 g/mol. The van der Waals surface area contributed by atoms with Gasteiger partial charge in [-0.05, 0) is 30.5 Å². The summed E-state index contributed by atoms with van der Waals surface area (Å²) in [6.45, 7) is 3.48. The predicted octanol–water partition coefficient (Wildman–Crippen LogP) is 2.15. The van der Waals surface area contributed by atoms with Crippen molar-refractivity contribution in [1.29, 1.82) is 0 Å². The zero-order valence-corrected chi connectivity index (χ0v) is 12.1. The van der Waals surface area contributed by atoms with Crippen molar-refractivity contribution in [1.82, 2.24) is 5.32 Å². The van der Waals surface area contributed by atoms with Gasteiger partial charge < -0.3 is 10.6 Å². The molecule has 1 aromatic rings. The Kier molecular flexibility index (Phi) is 3.99. The number of rotatable bonds is 4. The number of hydrogen-bond donors (Lipinski definition) is 2. The molecule has 0 bridgehead atoms. The van der Waals surface area contributed by atoms with E-state index in [1.54, 1.807) is 0 Å². The molecule has 20 heavy (non-hydrogen) atoms. The van der Waals surface area contributed by atoms with Gasteiger partial charge in [0.05, 0.1) is 16.3 Å². The first-order chi connectivity index (χ1) is 9.33. The fourth-order valence-electron chi connectivity index (χ4n) is 1.86. The minimum Gasteiger partial charge on any atom is -0.335 e. The Morgan fingerprint density at radius 1 is 1.45 bits per heavy atom. The summed E-state index contributed by atoms with van der Waals surface area (Å²) < 4.78 is 37.0. The van der Waals surface area contributed by atoms with Crippen LogP contribution in [0.2, 0.25) is 0 Å². The van der Waals surface area contributed by atoms with Crippen molar-refractivity contribution in [3.8, 4) is 0 Å². The van der Waals surface area contributed by atoms with Gasteiger partial charge in [0.1, 0.15) is 5.82 Å². The quantitative estimate of drug-likeness (QED) is 0.894. The van der Waals surface area contributed by atoms with Gasteiger partial charge in [-0.15, -0.1) is 0 Å². The summed E-state index contributed by atoms with van der Waals surface area (Å²) in [7, 11) is -3.60. The van der Waals surface area contributed by atoms with Crippen LogP contribution in [0.5, 0.6) is 0 Å². The minimum atomic E-state index is -3.60. The third-order valence-electron chi connectivity index (χ3n) is 3.33. The van der Waals surface area contributed by atoms with E-state index in [1.807, 2.05) is 6.92 Å². The second-order valence-corrected chi connectivity index (χ2v) is 7.21. The van der Waals surface area contributed by atoms with Crippen LogP contribution in [-0.2, 0) is 9.84 Å². The molecule has 7 heteroatoms. The number of halogens is 1. The first kappa shape index (κ1) is 14.8. The Labute approximate surface area is 117 Å². The number of hydrogen-bond acceptors (Lipinski definition) is 3. The molecular weight excluding hydrogens is 283 g/mol. The van der Waals surface area contributed by atoms with Crippen molar-refractivity contribution in [2.75, 3.05) is 11.1 Å². The highest BCUT2D eigenvalue weighted by Gasteiger charge is 2.34. The van der Waals surface area contributed by atoms with E-state index in [4.69, 9.17) is 0 Å². The molecule has 0 heterocycles. The van der Waals surface area contributed by atoms with Crippen molar-refractivity contribution >= 4 is 21.6 Å². The standard InChI is InChI=1S/C13H17FN2O3S/c1-3-20(18,19)12-7-9(14)4-5-10(12)15-13(17)16-11-6-8(11)2/h4-5,7-8,11H,3,6H2,1-2H3,(H2,15,16,17)/t8-,11-/m1/s1. The average Bonchev–Trinajstić information content (AvgIpc) is 3.06. The molecule has 1 aliphatic rings. The highest BCUT2D eigenvalue weighted by atomic mass is 32.2. The highest BCUT2D eigenvalue weighted by molar-refractivity contribution is 7.91. The Bertz CT molecular complexity index is 631. The van der Waals surface area contributed by atoms with E-state index in [-0.39, 0.29) is 22.4 Å².